The first-order chi connectivity index (χ1) is 19.2. The zero-order chi connectivity index (χ0) is 30.1. The number of esters is 2. The number of aliphatic hydroxyl groups is 1. The first-order valence-electron chi connectivity index (χ1n) is 12.3. The Hall–Kier alpha value is -5.10. The van der Waals surface area contributed by atoms with Gasteiger partial charge in [0.05, 0.1) is 24.2 Å². The summed E-state index contributed by atoms with van der Waals surface area (Å²) in [6, 6.07) is 4.29. The number of hydrogen-bond donors (Lipinski definition) is 5. The minimum atomic E-state index is -2.39. The van der Waals surface area contributed by atoms with Crippen LogP contribution < -0.4 is 4.74 Å². The summed E-state index contributed by atoms with van der Waals surface area (Å²) in [5.74, 6) is -9.63. The minimum absolute atomic E-state index is 0.0387. The molecule has 1 aliphatic carbocycles. The number of ketones is 2. The van der Waals surface area contributed by atoms with Gasteiger partial charge in [-0.3, -0.25) is 9.59 Å². The molecule has 212 valence electrons. The van der Waals surface area contributed by atoms with Crippen molar-refractivity contribution in [3.63, 3.8) is 0 Å². The number of aromatic hydroxyl groups is 4. The molecule has 3 aromatic rings. The van der Waals surface area contributed by atoms with Crippen LogP contribution in [0.25, 0.3) is 0 Å². The van der Waals surface area contributed by atoms with Crippen molar-refractivity contribution in [3.05, 3.63) is 74.3 Å². The van der Waals surface area contributed by atoms with Crippen molar-refractivity contribution in [2.45, 2.75) is 32.5 Å². The summed E-state index contributed by atoms with van der Waals surface area (Å²) in [4.78, 5) is 52.2. The molecular formula is C29H24O12. The molecule has 0 amide bonds. The Kier molecular flexibility index (Phi) is 6.19. The van der Waals surface area contributed by atoms with Gasteiger partial charge >= 0.3 is 11.9 Å². The molecule has 5 N–H and O–H groups in total. The normalized spacial score (nSPS) is 19.1. The number of cyclic esters (lactones) is 1. The molecule has 0 spiro atoms. The van der Waals surface area contributed by atoms with Crippen molar-refractivity contribution in [2.75, 3.05) is 13.7 Å². The van der Waals surface area contributed by atoms with Gasteiger partial charge in [0, 0.05) is 23.3 Å². The third kappa shape index (κ3) is 3.94. The van der Waals surface area contributed by atoms with E-state index in [-0.39, 0.29) is 33.6 Å². The molecule has 2 atom stereocenters. The number of hydrogen-bond acceptors (Lipinski definition) is 12. The number of methoxy groups -OCH3 is 1. The number of phenols is 4. The number of carbonyl (C=O) groups is 4. The van der Waals surface area contributed by atoms with Gasteiger partial charge in [0.1, 0.15) is 39.9 Å². The molecule has 12 heteroatoms. The van der Waals surface area contributed by atoms with E-state index in [0.29, 0.717) is 5.56 Å². The molecule has 0 saturated heterocycles. The van der Waals surface area contributed by atoms with Crippen LogP contribution in [0, 0.1) is 13.8 Å². The van der Waals surface area contributed by atoms with Crippen LogP contribution in [0.4, 0.5) is 0 Å². The van der Waals surface area contributed by atoms with E-state index in [2.05, 4.69) is 0 Å². The molecule has 0 bridgehead atoms. The van der Waals surface area contributed by atoms with Gasteiger partial charge in [-0.1, -0.05) is 6.92 Å². The van der Waals surface area contributed by atoms with Crippen LogP contribution in [-0.2, 0) is 9.47 Å². The number of benzene rings is 3. The van der Waals surface area contributed by atoms with Gasteiger partial charge in [-0.15, -0.1) is 0 Å². The highest BCUT2D eigenvalue weighted by molar-refractivity contribution is 6.31. The van der Waals surface area contributed by atoms with Crippen molar-refractivity contribution in [2.24, 2.45) is 0 Å². The lowest BCUT2D eigenvalue weighted by molar-refractivity contribution is -0.206. The number of aryl methyl sites for hydroxylation is 1. The van der Waals surface area contributed by atoms with Crippen LogP contribution in [0.5, 0.6) is 28.7 Å². The number of ether oxygens (including phenoxy) is 3. The second kappa shape index (κ2) is 9.24. The predicted octanol–water partition coefficient (Wildman–Crippen LogP) is 2.73. The van der Waals surface area contributed by atoms with Crippen molar-refractivity contribution >= 4 is 23.5 Å². The molecule has 1 aliphatic heterocycles. The molecule has 41 heavy (non-hydrogen) atoms. The summed E-state index contributed by atoms with van der Waals surface area (Å²) in [6.45, 7) is 3.57. The zero-order valence-corrected chi connectivity index (χ0v) is 22.2. The van der Waals surface area contributed by atoms with Gasteiger partial charge in [0.15, 0.2) is 12.4 Å². The fourth-order valence-electron chi connectivity index (χ4n) is 5.42. The van der Waals surface area contributed by atoms with E-state index in [1.165, 1.54) is 33.1 Å². The van der Waals surface area contributed by atoms with Crippen LogP contribution in [0.15, 0.2) is 24.3 Å². The number of phenolic OH excluding ortho intramolecular Hbond substituents is 4. The Bertz CT molecular complexity index is 1720. The van der Waals surface area contributed by atoms with Gasteiger partial charge in [-0.05, 0) is 42.7 Å². The molecule has 0 saturated carbocycles. The van der Waals surface area contributed by atoms with E-state index >= 15 is 0 Å². The van der Waals surface area contributed by atoms with Crippen LogP contribution in [0.2, 0.25) is 0 Å². The van der Waals surface area contributed by atoms with Gasteiger partial charge in [-0.2, -0.15) is 0 Å². The molecule has 0 radical (unpaired) electrons. The van der Waals surface area contributed by atoms with Crippen molar-refractivity contribution in [1.82, 2.24) is 0 Å². The molecule has 12 nitrogen and oxygen atoms in total. The maximum atomic E-state index is 13.2. The smallest absolute Gasteiger partial charge is 0.344 e. The third-order valence-corrected chi connectivity index (χ3v) is 7.53. The zero-order valence-electron chi connectivity index (χ0n) is 22.2. The third-order valence-electron chi connectivity index (χ3n) is 7.53. The van der Waals surface area contributed by atoms with E-state index in [9.17, 15) is 44.7 Å². The molecule has 2 aliphatic rings. The Morgan fingerprint density at radius 3 is 2.22 bits per heavy atom. The lowest BCUT2D eigenvalue weighted by Gasteiger charge is -2.38. The van der Waals surface area contributed by atoms with E-state index in [1.807, 2.05) is 0 Å². The lowest BCUT2D eigenvalue weighted by atomic mass is 9.81. The Balaban J connectivity index is 1.49. The second-order valence-corrected chi connectivity index (χ2v) is 9.93. The van der Waals surface area contributed by atoms with Crippen LogP contribution in [0.1, 0.15) is 82.1 Å². The standard InChI is InChI=1S/C29H24O12/c1-10-5-14-22(26(35)21-15(24(14)33)6-13(30)7-16(21)31)25(34)19(10)27(36)40-9-29(38)12(3)20-11(2)18(39-4)8-17(32)23(20)28(37)41-29/h5-8,12,30-32,34,38H,9H2,1-4H3. The molecule has 0 aromatic heterocycles. The number of rotatable bonds is 4. The van der Waals surface area contributed by atoms with Gasteiger partial charge in [-0.25, -0.2) is 9.59 Å². The molecular weight excluding hydrogens is 540 g/mol. The number of fused-ring (bicyclic) bond motifs is 3. The van der Waals surface area contributed by atoms with Gasteiger partial charge in [0.25, 0.3) is 5.79 Å². The van der Waals surface area contributed by atoms with Crippen LogP contribution in [-0.4, -0.2) is 68.5 Å². The highest BCUT2D eigenvalue weighted by Gasteiger charge is 2.49. The predicted molar refractivity (Wildman–Crippen MR) is 138 cm³/mol. The van der Waals surface area contributed by atoms with E-state index in [4.69, 9.17) is 14.2 Å². The molecule has 5 rings (SSSR count). The number of carbonyl (C=O) groups excluding carboxylic acids is 4. The van der Waals surface area contributed by atoms with E-state index in [0.717, 1.165) is 12.1 Å². The Morgan fingerprint density at radius 1 is 0.927 bits per heavy atom. The summed E-state index contributed by atoms with van der Waals surface area (Å²) in [6.07, 6.45) is 0. The summed E-state index contributed by atoms with van der Waals surface area (Å²) < 4.78 is 15.7. The van der Waals surface area contributed by atoms with E-state index in [1.54, 1.807) is 6.92 Å². The lowest BCUT2D eigenvalue weighted by Crippen LogP contribution is -2.48. The van der Waals surface area contributed by atoms with Gasteiger partial charge < -0.3 is 39.7 Å². The summed E-state index contributed by atoms with van der Waals surface area (Å²) in [5.41, 5.74) is -1.51. The maximum Gasteiger partial charge on any atom is 0.344 e. The second-order valence-electron chi connectivity index (χ2n) is 9.93. The highest BCUT2D eigenvalue weighted by atomic mass is 16.7. The first-order valence-corrected chi connectivity index (χ1v) is 12.3. The average Bonchev–Trinajstić information content (AvgIpc) is 2.89. The fraction of sp³-hybridized carbons (Fsp3) is 0.241. The van der Waals surface area contributed by atoms with Crippen LogP contribution in [0.3, 0.4) is 0 Å². The van der Waals surface area contributed by atoms with Crippen molar-refractivity contribution in [1.29, 1.82) is 0 Å². The summed E-state index contributed by atoms with van der Waals surface area (Å²) in [5, 5.41) is 52.6. The monoisotopic (exact) mass is 564 g/mol. The molecule has 1 heterocycles. The summed E-state index contributed by atoms with van der Waals surface area (Å²) >= 11 is 0. The van der Waals surface area contributed by atoms with Crippen molar-refractivity contribution in [3.8, 4) is 28.7 Å². The SMILES string of the molecule is COc1cc(O)c2c(c1C)C(C)C(O)(COC(=O)c1c(C)cc3c(c1O)C(=O)c1c(O)cc(O)cc1C3=O)OC2=O. The molecule has 2 unspecified atom stereocenters. The average molecular weight is 564 g/mol. The quantitative estimate of drug-likeness (QED) is 0.228. The Labute approximate surface area is 232 Å². The summed E-state index contributed by atoms with van der Waals surface area (Å²) in [7, 11) is 1.36. The molecule has 0 fully saturated rings. The fourth-order valence-corrected chi connectivity index (χ4v) is 5.42. The van der Waals surface area contributed by atoms with E-state index < -0.39 is 81.5 Å². The molecule has 3 aromatic carbocycles. The maximum absolute atomic E-state index is 13.2. The largest absolute Gasteiger partial charge is 0.508 e. The van der Waals surface area contributed by atoms with Crippen LogP contribution >= 0.6 is 0 Å². The van der Waals surface area contributed by atoms with Crippen molar-refractivity contribution < 1.29 is 58.9 Å². The minimum Gasteiger partial charge on any atom is -0.508 e. The Morgan fingerprint density at radius 2 is 1.56 bits per heavy atom. The highest BCUT2D eigenvalue weighted by Crippen LogP contribution is 2.46. The first kappa shape index (κ1) is 27.5. The topological polar surface area (TPSA) is 197 Å². The van der Waals surface area contributed by atoms with Gasteiger partial charge in [0.2, 0.25) is 5.78 Å².